The zero-order valence-corrected chi connectivity index (χ0v) is 13.1. The molecule has 0 saturated carbocycles. The molecule has 130 valence electrons. The zero-order chi connectivity index (χ0) is 17.9. The van der Waals surface area contributed by atoms with E-state index in [-0.39, 0.29) is 12.2 Å². The molecular formula is C15H16F4N4O. The first kappa shape index (κ1) is 17.9. The monoisotopic (exact) mass is 344 g/mol. The van der Waals surface area contributed by atoms with Crippen molar-refractivity contribution in [2.45, 2.75) is 6.18 Å². The van der Waals surface area contributed by atoms with Crippen molar-refractivity contribution in [3.63, 3.8) is 0 Å². The van der Waals surface area contributed by atoms with Crippen LogP contribution < -0.4 is 5.32 Å². The number of halogens is 4. The Morgan fingerprint density at radius 1 is 1.25 bits per heavy atom. The number of aromatic nitrogens is 2. The van der Waals surface area contributed by atoms with Crippen molar-refractivity contribution in [2.75, 3.05) is 27.2 Å². The molecule has 2 rings (SSSR count). The number of carbonyl (C=O) groups is 1. The van der Waals surface area contributed by atoms with Gasteiger partial charge in [-0.05, 0) is 38.4 Å². The standard InChI is InChI=1S/C15H16F4N4O/c1-22(2)8-7-20-14(24)12-9-21-23(13(12)15(17,18)19)11-5-3-10(16)4-6-11/h3-6,9H,7-8H2,1-2H3,(H,20,24). The summed E-state index contributed by atoms with van der Waals surface area (Å²) in [5.74, 6) is -1.45. The van der Waals surface area contributed by atoms with Crippen molar-refractivity contribution in [3.05, 3.63) is 47.5 Å². The molecule has 0 aliphatic heterocycles. The van der Waals surface area contributed by atoms with Crippen LogP contribution >= 0.6 is 0 Å². The molecule has 0 aliphatic rings. The van der Waals surface area contributed by atoms with Gasteiger partial charge in [-0.3, -0.25) is 4.79 Å². The molecule has 0 aliphatic carbocycles. The van der Waals surface area contributed by atoms with Crippen molar-refractivity contribution in [2.24, 2.45) is 0 Å². The Balaban J connectivity index is 2.36. The number of nitrogens with zero attached hydrogens (tertiary/aromatic N) is 3. The largest absolute Gasteiger partial charge is 0.434 e. The fourth-order valence-electron chi connectivity index (χ4n) is 2.05. The molecule has 5 nitrogen and oxygen atoms in total. The minimum Gasteiger partial charge on any atom is -0.351 e. The van der Waals surface area contributed by atoms with Crippen LogP contribution in [0.15, 0.2) is 30.5 Å². The first-order valence-corrected chi connectivity index (χ1v) is 7.04. The van der Waals surface area contributed by atoms with Gasteiger partial charge in [0.2, 0.25) is 0 Å². The van der Waals surface area contributed by atoms with E-state index >= 15 is 0 Å². The predicted molar refractivity (Wildman–Crippen MR) is 79.4 cm³/mol. The molecule has 1 heterocycles. The van der Waals surface area contributed by atoms with Crippen LogP contribution in [0.4, 0.5) is 17.6 Å². The smallest absolute Gasteiger partial charge is 0.351 e. The molecule has 1 N–H and O–H groups in total. The van der Waals surface area contributed by atoms with Gasteiger partial charge in [0, 0.05) is 13.1 Å². The van der Waals surface area contributed by atoms with E-state index < -0.39 is 29.2 Å². The maximum atomic E-state index is 13.4. The van der Waals surface area contributed by atoms with E-state index in [1.807, 2.05) is 0 Å². The lowest BCUT2D eigenvalue weighted by molar-refractivity contribution is -0.143. The van der Waals surface area contributed by atoms with E-state index in [4.69, 9.17) is 0 Å². The van der Waals surface area contributed by atoms with Crippen LogP contribution in [0.25, 0.3) is 5.69 Å². The Kier molecular flexibility index (Phi) is 5.23. The lowest BCUT2D eigenvalue weighted by atomic mass is 10.2. The average Bonchev–Trinajstić information content (AvgIpc) is 2.92. The minimum absolute atomic E-state index is 0.0102. The van der Waals surface area contributed by atoms with Crippen LogP contribution in [0.5, 0.6) is 0 Å². The Labute approximate surface area is 135 Å². The van der Waals surface area contributed by atoms with E-state index in [1.165, 1.54) is 0 Å². The molecule has 0 radical (unpaired) electrons. The predicted octanol–water partition coefficient (Wildman–Crippen LogP) is 2.32. The topological polar surface area (TPSA) is 50.2 Å². The molecule has 9 heteroatoms. The van der Waals surface area contributed by atoms with Crippen LogP contribution in [-0.2, 0) is 6.18 Å². The van der Waals surface area contributed by atoms with Gasteiger partial charge in [0.15, 0.2) is 5.69 Å². The third-order valence-electron chi connectivity index (χ3n) is 3.20. The van der Waals surface area contributed by atoms with Crippen molar-refractivity contribution in [1.82, 2.24) is 20.0 Å². The lowest BCUT2D eigenvalue weighted by Crippen LogP contribution is -2.32. The molecule has 24 heavy (non-hydrogen) atoms. The molecule has 1 amide bonds. The molecule has 1 aromatic heterocycles. The van der Waals surface area contributed by atoms with Crippen molar-refractivity contribution in [1.29, 1.82) is 0 Å². The normalized spacial score (nSPS) is 11.8. The second kappa shape index (κ2) is 7.00. The summed E-state index contributed by atoms with van der Waals surface area (Å²) in [5.41, 5.74) is -1.77. The highest BCUT2D eigenvalue weighted by atomic mass is 19.4. The summed E-state index contributed by atoms with van der Waals surface area (Å²) in [6, 6.07) is 4.36. The number of nitrogens with one attached hydrogen (secondary N) is 1. The summed E-state index contributed by atoms with van der Waals surface area (Å²) in [6.07, 6.45) is -3.93. The summed E-state index contributed by atoms with van der Waals surface area (Å²) >= 11 is 0. The van der Waals surface area contributed by atoms with Crippen LogP contribution in [0, 0.1) is 5.82 Å². The van der Waals surface area contributed by atoms with Gasteiger partial charge < -0.3 is 10.2 Å². The van der Waals surface area contributed by atoms with Gasteiger partial charge in [-0.25, -0.2) is 9.07 Å². The van der Waals surface area contributed by atoms with E-state index in [1.54, 1.807) is 19.0 Å². The number of hydrogen-bond donors (Lipinski definition) is 1. The molecule has 0 bridgehead atoms. The highest BCUT2D eigenvalue weighted by Gasteiger charge is 2.40. The van der Waals surface area contributed by atoms with Gasteiger partial charge in [-0.2, -0.15) is 18.3 Å². The third kappa shape index (κ3) is 4.10. The highest BCUT2D eigenvalue weighted by Crippen LogP contribution is 2.33. The van der Waals surface area contributed by atoms with Crippen molar-refractivity contribution in [3.8, 4) is 5.69 Å². The number of benzene rings is 1. The van der Waals surface area contributed by atoms with Gasteiger partial charge in [-0.15, -0.1) is 0 Å². The van der Waals surface area contributed by atoms with E-state index in [2.05, 4.69) is 10.4 Å². The quantitative estimate of drug-likeness (QED) is 0.847. The molecule has 0 unspecified atom stereocenters. The van der Waals surface area contributed by atoms with Gasteiger partial charge >= 0.3 is 6.18 Å². The van der Waals surface area contributed by atoms with Crippen molar-refractivity contribution >= 4 is 5.91 Å². The molecule has 2 aromatic rings. The number of alkyl halides is 3. The molecule has 0 atom stereocenters. The molecular weight excluding hydrogens is 328 g/mol. The number of carbonyl (C=O) groups excluding carboxylic acids is 1. The second-order valence-corrected chi connectivity index (χ2v) is 5.35. The fourth-order valence-corrected chi connectivity index (χ4v) is 2.05. The zero-order valence-electron chi connectivity index (χ0n) is 13.1. The SMILES string of the molecule is CN(C)CCNC(=O)c1cnn(-c2ccc(F)cc2)c1C(F)(F)F. The number of likely N-dealkylation sites (N-methyl/N-ethyl adjacent to an activating group) is 1. The van der Waals surface area contributed by atoms with Gasteiger partial charge in [0.25, 0.3) is 5.91 Å². The maximum Gasteiger partial charge on any atom is 0.434 e. The molecule has 1 aromatic carbocycles. The Morgan fingerprint density at radius 2 is 1.88 bits per heavy atom. The third-order valence-corrected chi connectivity index (χ3v) is 3.20. The average molecular weight is 344 g/mol. The van der Waals surface area contributed by atoms with Gasteiger partial charge in [-0.1, -0.05) is 0 Å². The summed E-state index contributed by atoms with van der Waals surface area (Å²) < 4.78 is 53.7. The van der Waals surface area contributed by atoms with Crippen LogP contribution in [-0.4, -0.2) is 47.8 Å². The van der Waals surface area contributed by atoms with E-state index in [0.29, 0.717) is 11.2 Å². The Bertz CT molecular complexity index is 707. The summed E-state index contributed by atoms with van der Waals surface area (Å²) in [5, 5.41) is 6.07. The van der Waals surface area contributed by atoms with E-state index in [0.717, 1.165) is 30.5 Å². The molecule has 0 fully saturated rings. The summed E-state index contributed by atoms with van der Waals surface area (Å²) in [6.45, 7) is 0.685. The van der Waals surface area contributed by atoms with Crippen LogP contribution in [0.2, 0.25) is 0 Å². The highest BCUT2D eigenvalue weighted by molar-refractivity contribution is 5.95. The Hall–Kier alpha value is -2.42. The first-order chi connectivity index (χ1) is 11.2. The molecule has 0 saturated heterocycles. The maximum absolute atomic E-state index is 13.4. The summed E-state index contributed by atoms with van der Waals surface area (Å²) in [4.78, 5) is 13.8. The van der Waals surface area contributed by atoms with E-state index in [9.17, 15) is 22.4 Å². The Morgan fingerprint density at radius 3 is 2.42 bits per heavy atom. The molecule has 0 spiro atoms. The lowest BCUT2D eigenvalue weighted by Gasteiger charge is -2.13. The van der Waals surface area contributed by atoms with Crippen LogP contribution in [0.3, 0.4) is 0 Å². The number of amides is 1. The number of rotatable bonds is 5. The van der Waals surface area contributed by atoms with Crippen LogP contribution in [0.1, 0.15) is 16.1 Å². The van der Waals surface area contributed by atoms with Crippen molar-refractivity contribution < 1.29 is 22.4 Å². The fraction of sp³-hybridized carbons (Fsp3) is 0.333. The minimum atomic E-state index is -4.79. The van der Waals surface area contributed by atoms with Gasteiger partial charge in [0.1, 0.15) is 5.82 Å². The second-order valence-electron chi connectivity index (χ2n) is 5.35. The number of hydrogen-bond acceptors (Lipinski definition) is 3. The van der Waals surface area contributed by atoms with Gasteiger partial charge in [0.05, 0.1) is 17.4 Å². The first-order valence-electron chi connectivity index (χ1n) is 7.04. The summed E-state index contributed by atoms with van der Waals surface area (Å²) in [7, 11) is 3.56.